The highest BCUT2D eigenvalue weighted by Crippen LogP contribution is 2.32. The molecule has 0 aliphatic carbocycles. The van der Waals surface area contributed by atoms with Gasteiger partial charge in [-0.15, -0.1) is 0 Å². The summed E-state index contributed by atoms with van der Waals surface area (Å²) < 4.78 is 2.11. The molecule has 0 spiro atoms. The van der Waals surface area contributed by atoms with Gasteiger partial charge >= 0.3 is 0 Å². The fourth-order valence-electron chi connectivity index (χ4n) is 2.79. The predicted molar refractivity (Wildman–Crippen MR) is 76.3 cm³/mol. The highest BCUT2D eigenvalue weighted by atomic mass is 15.1. The second-order valence-electron chi connectivity index (χ2n) is 6.29. The molecule has 0 saturated carbocycles. The molecule has 0 bridgehead atoms. The van der Waals surface area contributed by atoms with E-state index in [1.54, 1.807) is 6.20 Å². The number of nitrogens with zero attached hydrogens (tertiary/aromatic N) is 3. The lowest BCUT2D eigenvalue weighted by Crippen LogP contribution is -2.16. The third kappa shape index (κ3) is 1.98. The van der Waals surface area contributed by atoms with E-state index in [1.807, 2.05) is 6.20 Å². The van der Waals surface area contributed by atoms with Gasteiger partial charge in [0.1, 0.15) is 17.2 Å². The zero-order chi connectivity index (χ0) is 13.6. The van der Waals surface area contributed by atoms with Gasteiger partial charge < -0.3 is 11.1 Å². The molecule has 0 aromatic carbocycles. The fourth-order valence-corrected chi connectivity index (χ4v) is 2.79. The van der Waals surface area contributed by atoms with Crippen LogP contribution in [-0.4, -0.2) is 27.5 Å². The van der Waals surface area contributed by atoms with Crippen molar-refractivity contribution >= 4 is 11.3 Å². The molecule has 3 heterocycles. The lowest BCUT2D eigenvalue weighted by atomic mass is 9.96. The number of nitrogen functional groups attached to an aromatic ring is 1. The Balaban J connectivity index is 2.27. The van der Waals surface area contributed by atoms with Gasteiger partial charge in [0.05, 0.1) is 5.69 Å². The Kier molecular flexibility index (Phi) is 2.74. The smallest absolute Gasteiger partial charge is 0.149 e. The van der Waals surface area contributed by atoms with Gasteiger partial charge in [-0.1, -0.05) is 20.8 Å². The molecular formula is C14H21N5. The maximum Gasteiger partial charge on any atom is 0.149 e. The molecule has 5 heteroatoms. The van der Waals surface area contributed by atoms with Gasteiger partial charge in [0.15, 0.2) is 0 Å². The maximum absolute atomic E-state index is 6.09. The average molecular weight is 259 g/mol. The van der Waals surface area contributed by atoms with Crippen LogP contribution in [0.5, 0.6) is 0 Å². The Bertz CT molecular complexity index is 602. The van der Waals surface area contributed by atoms with E-state index in [-0.39, 0.29) is 5.41 Å². The Morgan fingerprint density at radius 3 is 2.84 bits per heavy atom. The first kappa shape index (κ1) is 12.4. The number of nitrogens with one attached hydrogen (secondary N) is 1. The Morgan fingerprint density at radius 1 is 1.42 bits per heavy atom. The third-order valence-electron chi connectivity index (χ3n) is 3.73. The predicted octanol–water partition coefficient (Wildman–Crippen LogP) is 1.69. The van der Waals surface area contributed by atoms with Crippen molar-refractivity contribution in [1.82, 2.24) is 19.7 Å². The molecule has 2 aromatic heterocycles. The third-order valence-corrected chi connectivity index (χ3v) is 3.73. The molecule has 5 nitrogen and oxygen atoms in total. The van der Waals surface area contributed by atoms with Crippen LogP contribution in [0, 0.1) is 0 Å². The lowest BCUT2D eigenvalue weighted by Gasteiger charge is -2.16. The van der Waals surface area contributed by atoms with Crippen LogP contribution in [0.4, 0.5) is 5.82 Å². The zero-order valence-corrected chi connectivity index (χ0v) is 11.8. The molecular weight excluding hydrogens is 238 g/mol. The van der Waals surface area contributed by atoms with Crippen LogP contribution in [0.1, 0.15) is 44.6 Å². The SMILES string of the molecule is CC(C)(C)c1nc(C2CCNC2)c2c(N)nccn12. The molecule has 0 radical (unpaired) electrons. The highest BCUT2D eigenvalue weighted by Gasteiger charge is 2.28. The van der Waals surface area contributed by atoms with Crippen LogP contribution >= 0.6 is 0 Å². The van der Waals surface area contributed by atoms with Crippen molar-refractivity contribution in [2.24, 2.45) is 0 Å². The molecule has 1 fully saturated rings. The summed E-state index contributed by atoms with van der Waals surface area (Å²) in [5, 5.41) is 3.39. The topological polar surface area (TPSA) is 68.2 Å². The minimum Gasteiger partial charge on any atom is -0.382 e. The first-order valence-electron chi connectivity index (χ1n) is 6.82. The molecule has 3 N–H and O–H groups in total. The summed E-state index contributed by atoms with van der Waals surface area (Å²) in [5.41, 5.74) is 8.16. The molecule has 102 valence electrons. The molecule has 3 rings (SSSR count). The van der Waals surface area contributed by atoms with Crippen LogP contribution in [-0.2, 0) is 5.41 Å². The van der Waals surface area contributed by atoms with Crippen molar-refractivity contribution in [1.29, 1.82) is 0 Å². The molecule has 1 saturated heterocycles. The van der Waals surface area contributed by atoms with Crippen LogP contribution in [0.3, 0.4) is 0 Å². The normalized spacial score (nSPS) is 20.3. The van der Waals surface area contributed by atoms with Gasteiger partial charge in [-0.3, -0.25) is 4.40 Å². The van der Waals surface area contributed by atoms with Crippen LogP contribution in [0.2, 0.25) is 0 Å². The number of hydrogen-bond donors (Lipinski definition) is 2. The van der Waals surface area contributed by atoms with Gasteiger partial charge in [-0.05, 0) is 13.0 Å². The monoisotopic (exact) mass is 259 g/mol. The molecule has 2 aromatic rings. The quantitative estimate of drug-likeness (QED) is 0.817. The number of anilines is 1. The van der Waals surface area contributed by atoms with Gasteiger partial charge in [0.2, 0.25) is 0 Å². The summed E-state index contributed by atoms with van der Waals surface area (Å²) >= 11 is 0. The Labute approximate surface area is 113 Å². The largest absolute Gasteiger partial charge is 0.382 e. The van der Waals surface area contributed by atoms with Crippen LogP contribution in [0.25, 0.3) is 5.52 Å². The first-order valence-corrected chi connectivity index (χ1v) is 6.82. The summed E-state index contributed by atoms with van der Waals surface area (Å²) in [5.74, 6) is 2.07. The molecule has 0 amide bonds. The van der Waals surface area contributed by atoms with Crippen molar-refractivity contribution < 1.29 is 0 Å². The van der Waals surface area contributed by atoms with E-state index >= 15 is 0 Å². The van der Waals surface area contributed by atoms with E-state index in [4.69, 9.17) is 10.7 Å². The molecule has 1 aliphatic heterocycles. The van der Waals surface area contributed by atoms with E-state index in [1.165, 1.54) is 0 Å². The minimum atomic E-state index is -0.0129. The summed E-state index contributed by atoms with van der Waals surface area (Å²) in [6.07, 6.45) is 4.83. The lowest BCUT2D eigenvalue weighted by molar-refractivity contribution is 0.540. The van der Waals surface area contributed by atoms with Crippen LogP contribution in [0.15, 0.2) is 12.4 Å². The Morgan fingerprint density at radius 2 is 2.21 bits per heavy atom. The molecule has 1 aliphatic rings. The highest BCUT2D eigenvalue weighted by molar-refractivity contribution is 5.70. The van der Waals surface area contributed by atoms with Crippen molar-refractivity contribution in [3.63, 3.8) is 0 Å². The molecule has 1 unspecified atom stereocenters. The summed E-state index contributed by atoms with van der Waals surface area (Å²) in [6.45, 7) is 8.55. The zero-order valence-electron chi connectivity index (χ0n) is 11.8. The first-order chi connectivity index (χ1) is 8.98. The number of imidazole rings is 1. The summed E-state index contributed by atoms with van der Waals surface area (Å²) in [7, 11) is 0. The van der Waals surface area contributed by atoms with E-state index in [0.29, 0.717) is 11.7 Å². The van der Waals surface area contributed by atoms with Crippen LogP contribution < -0.4 is 11.1 Å². The van der Waals surface area contributed by atoms with E-state index < -0.39 is 0 Å². The van der Waals surface area contributed by atoms with Crippen molar-refractivity contribution in [2.45, 2.75) is 38.5 Å². The van der Waals surface area contributed by atoms with Gasteiger partial charge in [0, 0.05) is 30.3 Å². The Hall–Kier alpha value is -1.62. The number of hydrogen-bond acceptors (Lipinski definition) is 4. The second-order valence-corrected chi connectivity index (χ2v) is 6.29. The van der Waals surface area contributed by atoms with Crippen molar-refractivity contribution in [3.8, 4) is 0 Å². The van der Waals surface area contributed by atoms with Crippen molar-refractivity contribution in [3.05, 3.63) is 23.9 Å². The summed E-state index contributed by atoms with van der Waals surface area (Å²) in [6, 6.07) is 0. The van der Waals surface area contributed by atoms with Gasteiger partial charge in [-0.2, -0.15) is 0 Å². The number of fused-ring (bicyclic) bond motifs is 1. The van der Waals surface area contributed by atoms with E-state index in [0.717, 1.165) is 36.5 Å². The fraction of sp³-hybridized carbons (Fsp3) is 0.571. The number of rotatable bonds is 1. The maximum atomic E-state index is 6.09. The second kappa shape index (κ2) is 4.20. The van der Waals surface area contributed by atoms with Crippen molar-refractivity contribution in [2.75, 3.05) is 18.8 Å². The molecule has 1 atom stereocenters. The molecule has 19 heavy (non-hydrogen) atoms. The summed E-state index contributed by atoms with van der Waals surface area (Å²) in [4.78, 5) is 9.14. The van der Waals surface area contributed by atoms with E-state index in [2.05, 4.69) is 35.5 Å². The van der Waals surface area contributed by atoms with Gasteiger partial charge in [0.25, 0.3) is 0 Å². The number of aromatic nitrogens is 3. The average Bonchev–Trinajstić information content (AvgIpc) is 2.94. The minimum absolute atomic E-state index is 0.0129. The number of nitrogens with two attached hydrogens (primary N) is 1. The standard InChI is InChI=1S/C14H21N5/c1-14(2,3)13-18-10(9-4-5-16-8-9)11-12(15)17-6-7-19(11)13/h6-7,9,16H,4-5,8H2,1-3H3,(H2,15,17). The van der Waals surface area contributed by atoms with E-state index in [9.17, 15) is 0 Å². The van der Waals surface area contributed by atoms with Gasteiger partial charge in [-0.25, -0.2) is 9.97 Å².